The highest BCUT2D eigenvalue weighted by Gasteiger charge is 2.56. The minimum Gasteiger partial charge on any atom is -0.451 e. The van der Waals surface area contributed by atoms with Crippen LogP contribution in [-0.4, -0.2) is 66.4 Å². The molecule has 2 N–H and O–H groups in total. The molecule has 0 spiro atoms. The number of amides is 2. The van der Waals surface area contributed by atoms with Gasteiger partial charge in [0.1, 0.15) is 40.9 Å². The number of nitrogens with zero attached hydrogens (tertiary/aromatic N) is 3. The summed E-state index contributed by atoms with van der Waals surface area (Å²) >= 11 is 2.43. The smallest absolute Gasteiger partial charge is 0.338 e. The summed E-state index contributed by atoms with van der Waals surface area (Å²) in [4.78, 5) is 54.5. The summed E-state index contributed by atoms with van der Waals surface area (Å²) in [6, 6.07) is 52.0. The van der Waals surface area contributed by atoms with Crippen LogP contribution in [0.15, 0.2) is 215 Å². The molecular weight excluding hydrogens is 943 g/mol. The number of aryl methyl sites for hydroxylation is 1. The van der Waals surface area contributed by atoms with Crippen molar-refractivity contribution in [1.82, 2.24) is 15.2 Å². The molecule has 352 valence electrons. The minimum atomic E-state index is -4.23. The molecule has 1 fully saturated rings. The van der Waals surface area contributed by atoms with Crippen molar-refractivity contribution < 1.29 is 36.6 Å². The van der Waals surface area contributed by atoms with Crippen LogP contribution in [0.4, 0.5) is 5.13 Å². The van der Waals surface area contributed by atoms with Crippen LogP contribution in [0.1, 0.15) is 45.2 Å². The fraction of sp³-hybridized carbons (Fsp3) is 0.130. The highest BCUT2D eigenvalue weighted by Crippen LogP contribution is 2.43. The molecule has 13 nitrogen and oxygen atoms in total. The van der Waals surface area contributed by atoms with E-state index < -0.39 is 57.0 Å². The molecule has 3 heterocycles. The number of fused-ring (bicyclic) bond motifs is 1. The lowest BCUT2D eigenvalue weighted by Gasteiger charge is -2.51. The van der Waals surface area contributed by atoms with Crippen LogP contribution in [0.25, 0.3) is 0 Å². The van der Waals surface area contributed by atoms with Gasteiger partial charge in [-0.2, -0.15) is 8.42 Å². The molecule has 1 saturated heterocycles. The fourth-order valence-corrected chi connectivity index (χ4v) is 11.1. The Hall–Kier alpha value is -7.79. The van der Waals surface area contributed by atoms with Crippen LogP contribution in [-0.2, 0) is 43.8 Å². The lowest BCUT2D eigenvalue weighted by atomic mass is 9.77. The van der Waals surface area contributed by atoms with Gasteiger partial charge in [0.2, 0.25) is 5.91 Å². The first-order chi connectivity index (χ1) is 34.1. The predicted octanol–water partition coefficient (Wildman–Crippen LogP) is 9.11. The van der Waals surface area contributed by atoms with Gasteiger partial charge in [-0.3, -0.25) is 9.59 Å². The third-order valence-corrected chi connectivity index (χ3v) is 14.9. The Labute approximate surface area is 413 Å². The van der Waals surface area contributed by atoms with Gasteiger partial charge in [-0.15, -0.1) is 23.1 Å². The third kappa shape index (κ3) is 9.74. The third-order valence-electron chi connectivity index (χ3n) is 11.8. The molecule has 2 amide bonds. The van der Waals surface area contributed by atoms with Gasteiger partial charge >= 0.3 is 16.1 Å². The summed E-state index contributed by atoms with van der Waals surface area (Å²) in [5, 5.41) is 13.6. The van der Waals surface area contributed by atoms with Crippen molar-refractivity contribution in [3.05, 3.63) is 244 Å². The van der Waals surface area contributed by atoms with E-state index in [4.69, 9.17) is 18.7 Å². The van der Waals surface area contributed by atoms with Gasteiger partial charge in [-0.25, -0.2) is 9.78 Å². The summed E-state index contributed by atoms with van der Waals surface area (Å²) in [6.45, 7) is 1.83. The standard InChI is InChI=1S/C54H45N5O8S3/c1-36-28-30-43(31-29-36)70(63,64)66-33-32-39-34-68-51-46(50(61)59(51)47(39)52(62)67-48(37-18-8-3-9-19-37)38-20-10-4-11-21-38)56-49(60)45(58-65-2)44-35-69-53(55-44)57-54(40-22-12-5-13-23-40,41-24-14-6-15-25-41)42-26-16-7-17-27-42/h3-35,46-48,51H,1-2H3,(H,55,57)(H,56,60)/b33-32+,58-45+. The number of aromatic nitrogens is 1. The predicted molar refractivity (Wildman–Crippen MR) is 270 cm³/mol. The number of hydrogen-bond acceptors (Lipinski definition) is 13. The topological polar surface area (TPSA) is 166 Å². The number of nitrogens with one attached hydrogen (secondary N) is 2. The number of thiazole rings is 1. The Morgan fingerprint density at radius 3 is 1.83 bits per heavy atom. The van der Waals surface area contributed by atoms with E-state index in [-0.39, 0.29) is 21.9 Å². The molecule has 70 heavy (non-hydrogen) atoms. The van der Waals surface area contributed by atoms with Gasteiger partial charge < -0.3 is 29.3 Å². The Bertz CT molecular complexity index is 3040. The molecule has 3 unspecified atom stereocenters. The maximum atomic E-state index is 14.6. The van der Waals surface area contributed by atoms with Crippen molar-refractivity contribution in [2.75, 3.05) is 12.4 Å². The maximum Gasteiger partial charge on any atom is 0.338 e. The van der Waals surface area contributed by atoms with E-state index >= 15 is 0 Å². The second kappa shape index (κ2) is 20.8. The van der Waals surface area contributed by atoms with Crippen LogP contribution in [0.3, 0.4) is 0 Å². The van der Waals surface area contributed by atoms with Crippen LogP contribution in [0.5, 0.6) is 0 Å². The van der Waals surface area contributed by atoms with Crippen molar-refractivity contribution >= 4 is 61.8 Å². The Balaban J connectivity index is 0.988. The first kappa shape index (κ1) is 47.3. The summed E-state index contributed by atoms with van der Waals surface area (Å²) in [6.07, 6.45) is 1.42. The number of ether oxygens (including phenoxy) is 1. The van der Waals surface area contributed by atoms with Gasteiger partial charge in [0, 0.05) is 5.38 Å². The normalized spacial score (nSPS) is 17.0. The molecule has 1 aromatic heterocycles. The molecule has 2 aliphatic rings. The van der Waals surface area contributed by atoms with Crippen molar-refractivity contribution in [3.8, 4) is 0 Å². The van der Waals surface area contributed by atoms with E-state index in [0.29, 0.717) is 16.3 Å². The molecule has 0 aliphatic carbocycles. The fourth-order valence-electron chi connectivity index (χ4n) is 8.38. The summed E-state index contributed by atoms with van der Waals surface area (Å²) < 4.78 is 37.8. The van der Waals surface area contributed by atoms with Crippen LogP contribution in [0.2, 0.25) is 0 Å². The minimum absolute atomic E-state index is 0.0583. The molecule has 0 bridgehead atoms. The van der Waals surface area contributed by atoms with E-state index in [9.17, 15) is 22.8 Å². The van der Waals surface area contributed by atoms with Gasteiger partial charge in [-0.1, -0.05) is 175 Å². The van der Waals surface area contributed by atoms with Crippen LogP contribution < -0.4 is 10.6 Å². The number of β-lactam (4-membered cyclic amide) rings is 1. The molecular formula is C54H45N5O8S3. The first-order valence-electron chi connectivity index (χ1n) is 22.0. The number of anilines is 1. The molecule has 6 aromatic carbocycles. The Morgan fingerprint density at radius 1 is 0.771 bits per heavy atom. The van der Waals surface area contributed by atoms with E-state index in [1.54, 1.807) is 22.9 Å². The average Bonchev–Trinajstić information content (AvgIpc) is 3.87. The molecule has 2 aliphatic heterocycles. The van der Waals surface area contributed by atoms with Crippen LogP contribution in [0, 0.1) is 6.92 Å². The molecule has 0 radical (unpaired) electrons. The molecule has 0 saturated carbocycles. The van der Waals surface area contributed by atoms with E-state index in [2.05, 4.69) is 15.8 Å². The van der Waals surface area contributed by atoms with Crippen LogP contribution >= 0.6 is 23.1 Å². The second-order valence-corrected chi connectivity index (χ2v) is 19.6. The Kier molecular flexibility index (Phi) is 14.1. The highest BCUT2D eigenvalue weighted by molar-refractivity contribution is 8.03. The number of thioether (sulfide) groups is 1. The quantitative estimate of drug-likeness (QED) is 0.0170. The average molecular weight is 988 g/mol. The maximum absolute atomic E-state index is 14.6. The number of esters is 1. The van der Waals surface area contributed by atoms with E-state index in [1.165, 1.54) is 41.6 Å². The Morgan fingerprint density at radius 2 is 1.30 bits per heavy atom. The van der Waals surface area contributed by atoms with Gasteiger partial charge in [0.15, 0.2) is 23.0 Å². The van der Waals surface area contributed by atoms with Crippen molar-refractivity contribution in [2.24, 2.45) is 5.16 Å². The largest absolute Gasteiger partial charge is 0.451 e. The number of carbonyl (C=O) groups excluding carboxylic acids is 3. The first-order valence-corrected chi connectivity index (χ1v) is 25.3. The molecule has 16 heteroatoms. The van der Waals surface area contributed by atoms with E-state index in [0.717, 1.165) is 40.3 Å². The monoisotopic (exact) mass is 987 g/mol. The molecule has 7 aromatic rings. The van der Waals surface area contributed by atoms with E-state index in [1.807, 2.05) is 159 Å². The molecule has 9 rings (SSSR count). The van der Waals surface area contributed by atoms with Crippen molar-refractivity contribution in [1.29, 1.82) is 0 Å². The summed E-state index contributed by atoms with van der Waals surface area (Å²) in [7, 11) is -2.92. The number of rotatable bonds is 17. The van der Waals surface area contributed by atoms with Crippen molar-refractivity contribution in [3.63, 3.8) is 0 Å². The number of oxime groups is 1. The highest BCUT2D eigenvalue weighted by atomic mass is 32.2. The lowest BCUT2D eigenvalue weighted by molar-refractivity contribution is -0.165. The lowest BCUT2D eigenvalue weighted by Crippen LogP contribution is -2.74. The van der Waals surface area contributed by atoms with Gasteiger partial charge in [-0.05, 0) is 63.9 Å². The SMILES string of the molecule is CO/N=C(/C(=O)NC1C(=O)N2C(C(=O)OC(c3ccccc3)c3ccccc3)C(/C=C/OS(=O)(=O)c3ccc(C)cc3)=CSC12)c1csc(NC(c2ccccc2)(c2ccccc2)c2ccccc2)n1. The van der Waals surface area contributed by atoms with Gasteiger partial charge in [0.25, 0.3) is 5.91 Å². The number of hydrogen-bond donors (Lipinski definition) is 2. The number of benzene rings is 6. The second-order valence-electron chi connectivity index (χ2n) is 16.2. The zero-order valence-corrected chi connectivity index (χ0v) is 40.1. The number of carbonyl (C=O) groups is 3. The zero-order valence-electron chi connectivity index (χ0n) is 37.7. The summed E-state index contributed by atoms with van der Waals surface area (Å²) in [5.41, 5.74) is 4.45. The van der Waals surface area contributed by atoms with Crippen molar-refractivity contribution in [2.45, 2.75) is 40.9 Å². The van der Waals surface area contributed by atoms with Gasteiger partial charge in [0.05, 0.1) is 0 Å². The molecule has 3 atom stereocenters. The zero-order chi connectivity index (χ0) is 48.7. The summed E-state index contributed by atoms with van der Waals surface area (Å²) in [5.74, 6) is -2.12.